The largest absolute Gasteiger partial charge is 0.0764 e. The minimum atomic E-state index is 0.276. The van der Waals surface area contributed by atoms with Gasteiger partial charge in [-0.25, -0.2) is 0 Å². The molecule has 0 heteroatoms. The molecule has 0 aliphatic heterocycles. The number of allylic oxidation sites excluding steroid dienone is 1. The van der Waals surface area contributed by atoms with Gasteiger partial charge in [0.15, 0.2) is 0 Å². The van der Waals surface area contributed by atoms with Crippen LogP contribution in [0, 0.1) is 0 Å². The van der Waals surface area contributed by atoms with Gasteiger partial charge in [-0.2, -0.15) is 0 Å². The summed E-state index contributed by atoms with van der Waals surface area (Å²) in [6.07, 6.45) is 12.4. The van der Waals surface area contributed by atoms with Crippen LogP contribution in [0.4, 0.5) is 0 Å². The minimum Gasteiger partial charge on any atom is -0.0764 e. The third kappa shape index (κ3) is 4.77. The van der Waals surface area contributed by atoms with Crippen molar-refractivity contribution in [1.82, 2.24) is 0 Å². The van der Waals surface area contributed by atoms with Gasteiger partial charge in [-0.3, -0.25) is 0 Å². The van der Waals surface area contributed by atoms with Gasteiger partial charge in [0.2, 0.25) is 0 Å². The molecule has 1 unspecified atom stereocenters. The van der Waals surface area contributed by atoms with Crippen LogP contribution in [0.5, 0.6) is 0 Å². The van der Waals surface area contributed by atoms with Crippen LogP contribution in [0.1, 0.15) is 101 Å². The Balaban J connectivity index is 1.94. The van der Waals surface area contributed by atoms with Crippen molar-refractivity contribution in [2.45, 2.75) is 89.9 Å². The fourth-order valence-corrected chi connectivity index (χ4v) is 4.62. The van der Waals surface area contributed by atoms with E-state index in [1.54, 1.807) is 11.1 Å². The van der Waals surface area contributed by atoms with Crippen molar-refractivity contribution in [3.8, 4) is 0 Å². The van der Waals surface area contributed by atoms with Crippen molar-refractivity contribution < 1.29 is 0 Å². The SMILES string of the molecule is CCCCCC(/C=C/c1ccccc1)c1ccc2c(c1)C(C)(C)CCC2(C)C. The van der Waals surface area contributed by atoms with E-state index in [-0.39, 0.29) is 5.41 Å². The monoisotopic (exact) mass is 374 g/mol. The molecule has 0 saturated carbocycles. The van der Waals surface area contributed by atoms with E-state index < -0.39 is 0 Å². The normalized spacial score (nSPS) is 18.8. The van der Waals surface area contributed by atoms with Gasteiger partial charge in [0.05, 0.1) is 0 Å². The summed E-state index contributed by atoms with van der Waals surface area (Å²) in [5.74, 6) is 0.498. The minimum absolute atomic E-state index is 0.276. The van der Waals surface area contributed by atoms with E-state index in [1.165, 1.54) is 49.7 Å². The second kappa shape index (κ2) is 8.68. The Bertz CT molecular complexity index is 792. The van der Waals surface area contributed by atoms with Crippen LogP contribution in [-0.4, -0.2) is 0 Å². The molecule has 0 bridgehead atoms. The van der Waals surface area contributed by atoms with E-state index in [9.17, 15) is 0 Å². The first-order valence-corrected chi connectivity index (χ1v) is 11.2. The standard InChI is InChI=1S/C28H38/c1-6-7-9-14-23(16-15-22-12-10-8-11-13-22)24-17-18-25-26(21-24)28(4,5)20-19-27(25,2)3/h8,10-13,15-18,21,23H,6-7,9,14,19-20H2,1-5H3/b16-15+. The number of fused-ring (bicyclic) bond motifs is 1. The maximum Gasteiger partial charge on any atom is 0.00214 e. The zero-order valence-electron chi connectivity index (χ0n) is 18.6. The fourth-order valence-electron chi connectivity index (χ4n) is 4.62. The van der Waals surface area contributed by atoms with Gasteiger partial charge < -0.3 is 0 Å². The zero-order chi connectivity index (χ0) is 20.2. The number of rotatable bonds is 7. The van der Waals surface area contributed by atoms with Crippen LogP contribution in [0.25, 0.3) is 6.08 Å². The Morgan fingerprint density at radius 3 is 2.21 bits per heavy atom. The fraction of sp³-hybridized carbons (Fsp3) is 0.500. The number of hydrogen-bond donors (Lipinski definition) is 0. The summed E-state index contributed by atoms with van der Waals surface area (Å²) in [7, 11) is 0. The van der Waals surface area contributed by atoms with Gasteiger partial charge in [-0.15, -0.1) is 0 Å². The highest BCUT2D eigenvalue weighted by Gasteiger charge is 2.37. The molecule has 28 heavy (non-hydrogen) atoms. The first-order valence-electron chi connectivity index (χ1n) is 11.2. The average Bonchev–Trinajstić information content (AvgIpc) is 2.69. The Morgan fingerprint density at radius 2 is 1.54 bits per heavy atom. The lowest BCUT2D eigenvalue weighted by atomic mass is 9.62. The summed E-state index contributed by atoms with van der Waals surface area (Å²) in [5, 5.41) is 0. The van der Waals surface area contributed by atoms with Gasteiger partial charge in [0.1, 0.15) is 0 Å². The van der Waals surface area contributed by atoms with Gasteiger partial charge in [0, 0.05) is 5.92 Å². The lowest BCUT2D eigenvalue weighted by Gasteiger charge is -2.42. The molecule has 150 valence electrons. The maximum atomic E-state index is 2.54. The van der Waals surface area contributed by atoms with Crippen molar-refractivity contribution in [2.75, 3.05) is 0 Å². The molecule has 0 aromatic heterocycles. The van der Waals surface area contributed by atoms with Crippen LogP contribution in [0.2, 0.25) is 0 Å². The van der Waals surface area contributed by atoms with E-state index in [4.69, 9.17) is 0 Å². The summed E-state index contributed by atoms with van der Waals surface area (Å²) >= 11 is 0. The molecule has 0 fully saturated rings. The zero-order valence-corrected chi connectivity index (χ0v) is 18.6. The molecule has 0 saturated heterocycles. The van der Waals surface area contributed by atoms with Crippen LogP contribution in [0.15, 0.2) is 54.6 Å². The predicted octanol–water partition coefficient (Wildman–Crippen LogP) is 8.41. The molecule has 0 spiro atoms. The quantitative estimate of drug-likeness (QED) is 0.427. The third-order valence-corrected chi connectivity index (χ3v) is 6.74. The summed E-state index contributed by atoms with van der Waals surface area (Å²) in [4.78, 5) is 0. The Labute approximate surface area is 173 Å². The molecule has 1 aliphatic rings. The summed E-state index contributed by atoms with van der Waals surface area (Å²) in [5.41, 5.74) is 6.50. The first kappa shape index (κ1) is 20.9. The topological polar surface area (TPSA) is 0 Å². The molecular formula is C28H38. The summed E-state index contributed by atoms with van der Waals surface area (Å²) in [6.45, 7) is 12.0. The van der Waals surface area contributed by atoms with Crippen molar-refractivity contribution in [1.29, 1.82) is 0 Å². The molecule has 3 rings (SSSR count). The molecule has 0 amide bonds. The highest BCUT2D eigenvalue weighted by molar-refractivity contribution is 5.52. The molecule has 0 nitrogen and oxygen atoms in total. The second-order valence-electron chi connectivity index (χ2n) is 9.94. The van der Waals surface area contributed by atoms with Crippen molar-refractivity contribution in [2.24, 2.45) is 0 Å². The molecular weight excluding hydrogens is 336 g/mol. The van der Waals surface area contributed by atoms with E-state index in [1.807, 2.05) is 0 Å². The molecule has 0 heterocycles. The average molecular weight is 375 g/mol. The Hall–Kier alpha value is -1.82. The smallest absolute Gasteiger partial charge is 0.00214 e. The molecule has 0 radical (unpaired) electrons. The van der Waals surface area contributed by atoms with Crippen LogP contribution in [-0.2, 0) is 10.8 Å². The number of benzene rings is 2. The van der Waals surface area contributed by atoms with E-state index in [0.29, 0.717) is 11.3 Å². The third-order valence-electron chi connectivity index (χ3n) is 6.74. The number of hydrogen-bond acceptors (Lipinski definition) is 0. The number of unbranched alkanes of at least 4 members (excludes halogenated alkanes) is 2. The molecule has 1 atom stereocenters. The first-order chi connectivity index (χ1) is 13.3. The molecule has 2 aromatic rings. The lowest BCUT2D eigenvalue weighted by Crippen LogP contribution is -2.34. The second-order valence-corrected chi connectivity index (χ2v) is 9.94. The molecule has 2 aromatic carbocycles. The van der Waals surface area contributed by atoms with E-state index >= 15 is 0 Å². The van der Waals surface area contributed by atoms with Crippen molar-refractivity contribution >= 4 is 6.08 Å². The van der Waals surface area contributed by atoms with Gasteiger partial charge in [-0.05, 0) is 52.3 Å². The van der Waals surface area contributed by atoms with Crippen LogP contribution in [0.3, 0.4) is 0 Å². The maximum absolute atomic E-state index is 2.54. The van der Waals surface area contributed by atoms with E-state index in [0.717, 1.165) is 0 Å². The summed E-state index contributed by atoms with van der Waals surface area (Å²) < 4.78 is 0. The van der Waals surface area contributed by atoms with Gasteiger partial charge in [-0.1, -0.05) is 115 Å². The molecule has 1 aliphatic carbocycles. The van der Waals surface area contributed by atoms with Gasteiger partial charge in [0.25, 0.3) is 0 Å². The highest BCUT2D eigenvalue weighted by Crippen LogP contribution is 2.46. The Morgan fingerprint density at radius 1 is 0.857 bits per heavy atom. The highest BCUT2D eigenvalue weighted by atomic mass is 14.4. The van der Waals surface area contributed by atoms with Crippen molar-refractivity contribution in [3.63, 3.8) is 0 Å². The van der Waals surface area contributed by atoms with Crippen LogP contribution >= 0.6 is 0 Å². The predicted molar refractivity (Wildman–Crippen MR) is 124 cm³/mol. The van der Waals surface area contributed by atoms with E-state index in [2.05, 4.69) is 95.3 Å². The summed E-state index contributed by atoms with van der Waals surface area (Å²) in [6, 6.07) is 18.1. The lowest BCUT2D eigenvalue weighted by molar-refractivity contribution is 0.331. The Kier molecular flexibility index (Phi) is 6.48. The molecule has 0 N–H and O–H groups in total. The van der Waals surface area contributed by atoms with Crippen LogP contribution < -0.4 is 0 Å². The van der Waals surface area contributed by atoms with Crippen molar-refractivity contribution in [3.05, 3.63) is 76.9 Å². The van der Waals surface area contributed by atoms with Gasteiger partial charge >= 0.3 is 0 Å².